The Kier molecular flexibility index (Phi) is 5.15. The van der Waals surface area contributed by atoms with Gasteiger partial charge >= 0.3 is 0 Å². The number of nitriles is 1. The van der Waals surface area contributed by atoms with Crippen LogP contribution < -0.4 is 5.32 Å². The summed E-state index contributed by atoms with van der Waals surface area (Å²) in [4.78, 5) is 19.7. The lowest BCUT2D eigenvalue weighted by atomic mass is 9.95. The maximum atomic E-state index is 12.4. The quantitative estimate of drug-likeness (QED) is 0.556. The van der Waals surface area contributed by atoms with Crippen molar-refractivity contribution in [3.8, 4) is 6.07 Å². The van der Waals surface area contributed by atoms with Crippen LogP contribution in [0.15, 0.2) is 47.3 Å². The Morgan fingerprint density at radius 3 is 2.81 bits per heavy atom. The number of amides is 1. The van der Waals surface area contributed by atoms with Crippen LogP contribution >= 0.6 is 15.9 Å². The van der Waals surface area contributed by atoms with Gasteiger partial charge in [-0.15, -0.1) is 0 Å². The number of benzene rings is 1. The Labute approximate surface area is 166 Å². The highest BCUT2D eigenvalue weighted by Gasteiger charge is 2.22. The molecule has 5 nitrogen and oxygen atoms in total. The van der Waals surface area contributed by atoms with E-state index in [4.69, 9.17) is 0 Å². The number of H-pyrrole nitrogens is 1. The van der Waals surface area contributed by atoms with Crippen LogP contribution in [0.1, 0.15) is 31.9 Å². The summed E-state index contributed by atoms with van der Waals surface area (Å²) in [6.45, 7) is 5.55. The van der Waals surface area contributed by atoms with Gasteiger partial charge in [0.05, 0.1) is 17.3 Å². The van der Waals surface area contributed by atoms with Crippen molar-refractivity contribution in [2.75, 3.05) is 5.32 Å². The molecule has 0 aliphatic heterocycles. The van der Waals surface area contributed by atoms with Crippen molar-refractivity contribution in [1.29, 1.82) is 5.26 Å². The molecule has 0 fully saturated rings. The fourth-order valence-electron chi connectivity index (χ4n) is 2.59. The van der Waals surface area contributed by atoms with Gasteiger partial charge in [-0.2, -0.15) is 5.26 Å². The molecule has 2 aromatic heterocycles. The number of aromatic amines is 1. The average molecular weight is 423 g/mol. The van der Waals surface area contributed by atoms with Crippen LogP contribution in [0, 0.1) is 16.7 Å². The van der Waals surface area contributed by atoms with E-state index in [-0.39, 0.29) is 5.91 Å². The second kappa shape index (κ2) is 7.37. The van der Waals surface area contributed by atoms with E-state index in [2.05, 4.69) is 37.3 Å². The van der Waals surface area contributed by atoms with E-state index in [0.717, 1.165) is 20.9 Å². The minimum absolute atomic E-state index is 0.0992. The number of rotatable bonds is 3. The molecule has 3 aromatic rings. The molecule has 0 atom stereocenters. The third-order valence-corrected chi connectivity index (χ3v) is 4.63. The number of pyridine rings is 1. The van der Waals surface area contributed by atoms with Crippen LogP contribution in [0.3, 0.4) is 0 Å². The highest BCUT2D eigenvalue weighted by atomic mass is 79.9. The molecule has 0 aliphatic carbocycles. The number of fused-ring (bicyclic) bond motifs is 1. The first kappa shape index (κ1) is 18.9. The summed E-state index contributed by atoms with van der Waals surface area (Å²) < 4.78 is 0.938. The van der Waals surface area contributed by atoms with E-state index in [0.29, 0.717) is 16.8 Å². The molecule has 0 spiro atoms. The van der Waals surface area contributed by atoms with Crippen molar-refractivity contribution in [2.24, 2.45) is 5.41 Å². The van der Waals surface area contributed by atoms with Gasteiger partial charge in [-0.3, -0.25) is 9.78 Å². The van der Waals surface area contributed by atoms with Gasteiger partial charge in [0.15, 0.2) is 0 Å². The number of hydrogen-bond donors (Lipinski definition) is 2. The van der Waals surface area contributed by atoms with Crippen molar-refractivity contribution in [2.45, 2.75) is 20.8 Å². The minimum Gasteiger partial charge on any atom is -0.361 e. The zero-order valence-corrected chi connectivity index (χ0v) is 16.9. The van der Waals surface area contributed by atoms with Gasteiger partial charge in [0.1, 0.15) is 0 Å². The molecular formula is C21H19BrN4O. The van der Waals surface area contributed by atoms with E-state index in [1.165, 1.54) is 0 Å². The van der Waals surface area contributed by atoms with E-state index in [1.807, 2.05) is 45.2 Å². The molecule has 2 N–H and O–H groups in total. The summed E-state index contributed by atoms with van der Waals surface area (Å²) in [6, 6.07) is 9.86. The van der Waals surface area contributed by atoms with Gasteiger partial charge in [0.2, 0.25) is 5.91 Å². The lowest BCUT2D eigenvalue weighted by Crippen LogP contribution is -2.27. The topological polar surface area (TPSA) is 81.6 Å². The minimum atomic E-state index is -0.522. The number of aromatic nitrogens is 2. The fourth-order valence-corrected chi connectivity index (χ4v) is 2.95. The molecule has 2 heterocycles. The fraction of sp³-hybridized carbons (Fsp3) is 0.190. The molecule has 3 rings (SSSR count). The number of nitrogens with zero attached hydrogens (tertiary/aromatic N) is 2. The average Bonchev–Trinajstić information content (AvgIpc) is 3.03. The van der Waals surface area contributed by atoms with Crippen LogP contribution in [-0.4, -0.2) is 15.9 Å². The Balaban J connectivity index is 2.05. The smallest absolute Gasteiger partial charge is 0.229 e. The second-order valence-electron chi connectivity index (χ2n) is 7.23. The predicted octanol–water partition coefficient (Wildman–Crippen LogP) is 5.37. The molecule has 0 saturated carbocycles. The molecule has 136 valence electrons. The van der Waals surface area contributed by atoms with Gasteiger partial charge in [0, 0.05) is 50.5 Å². The zero-order chi connectivity index (χ0) is 19.6. The standard InChI is InChI=1S/C21H19BrN4O/c1-21(2,3)20(27)26-18-6-7-24-11-14(18)8-13(10-23)17-12-25-19-5-4-15(22)9-16(17)19/h4-9,11-12,25H,1-3H3,(H,24,26,27). The summed E-state index contributed by atoms with van der Waals surface area (Å²) >= 11 is 3.47. The number of anilines is 1. The summed E-state index contributed by atoms with van der Waals surface area (Å²) in [5, 5.41) is 13.6. The summed E-state index contributed by atoms with van der Waals surface area (Å²) in [5.41, 5.74) is 3.01. The van der Waals surface area contributed by atoms with Crippen molar-refractivity contribution in [3.63, 3.8) is 0 Å². The van der Waals surface area contributed by atoms with Crippen molar-refractivity contribution in [1.82, 2.24) is 9.97 Å². The summed E-state index contributed by atoms with van der Waals surface area (Å²) in [7, 11) is 0. The lowest BCUT2D eigenvalue weighted by Gasteiger charge is -2.18. The lowest BCUT2D eigenvalue weighted by molar-refractivity contribution is -0.123. The largest absolute Gasteiger partial charge is 0.361 e. The summed E-state index contributed by atoms with van der Waals surface area (Å²) in [6.07, 6.45) is 6.82. The van der Waals surface area contributed by atoms with Gasteiger partial charge < -0.3 is 10.3 Å². The van der Waals surface area contributed by atoms with E-state index >= 15 is 0 Å². The molecule has 0 aliphatic rings. The zero-order valence-electron chi connectivity index (χ0n) is 15.3. The van der Waals surface area contributed by atoms with Crippen molar-refractivity contribution in [3.05, 3.63) is 58.5 Å². The van der Waals surface area contributed by atoms with Gasteiger partial charge in [0.25, 0.3) is 0 Å². The van der Waals surface area contributed by atoms with Crippen molar-refractivity contribution >= 4 is 50.1 Å². The number of hydrogen-bond acceptors (Lipinski definition) is 3. The molecule has 0 radical (unpaired) electrons. The number of carbonyl (C=O) groups excluding carboxylic acids is 1. The third kappa shape index (κ3) is 4.09. The van der Waals surface area contributed by atoms with Crippen LogP contribution in [-0.2, 0) is 4.79 Å². The van der Waals surface area contributed by atoms with Crippen LogP contribution in [0.4, 0.5) is 5.69 Å². The molecule has 0 unspecified atom stereocenters. The monoisotopic (exact) mass is 422 g/mol. The van der Waals surface area contributed by atoms with Gasteiger partial charge in [-0.05, 0) is 30.3 Å². The molecule has 27 heavy (non-hydrogen) atoms. The molecule has 0 bridgehead atoms. The summed E-state index contributed by atoms with van der Waals surface area (Å²) in [5.74, 6) is -0.0992. The highest BCUT2D eigenvalue weighted by Crippen LogP contribution is 2.30. The number of halogens is 1. The predicted molar refractivity (Wildman–Crippen MR) is 112 cm³/mol. The van der Waals surface area contributed by atoms with Crippen LogP contribution in [0.25, 0.3) is 22.6 Å². The third-order valence-electron chi connectivity index (χ3n) is 4.14. The van der Waals surface area contributed by atoms with Gasteiger partial charge in [-0.1, -0.05) is 36.7 Å². The number of carbonyl (C=O) groups is 1. The maximum Gasteiger partial charge on any atom is 0.229 e. The molecule has 0 saturated heterocycles. The number of nitrogens with one attached hydrogen (secondary N) is 2. The first-order chi connectivity index (χ1) is 12.8. The Hall–Kier alpha value is -2.91. The SMILES string of the molecule is CC(C)(C)C(=O)Nc1ccncc1C=C(C#N)c1c[nH]c2ccc(Br)cc12. The maximum absolute atomic E-state index is 12.4. The first-order valence-electron chi connectivity index (χ1n) is 8.44. The Bertz CT molecular complexity index is 1080. The van der Waals surface area contributed by atoms with E-state index < -0.39 is 5.41 Å². The highest BCUT2D eigenvalue weighted by molar-refractivity contribution is 9.10. The molecule has 6 heteroatoms. The van der Waals surface area contributed by atoms with Crippen LogP contribution in [0.5, 0.6) is 0 Å². The molecule has 1 aromatic carbocycles. The second-order valence-corrected chi connectivity index (χ2v) is 8.14. The molecular weight excluding hydrogens is 404 g/mol. The Morgan fingerprint density at radius 1 is 1.33 bits per heavy atom. The van der Waals surface area contributed by atoms with E-state index in [1.54, 1.807) is 24.5 Å². The molecule has 1 amide bonds. The first-order valence-corrected chi connectivity index (χ1v) is 9.23. The van der Waals surface area contributed by atoms with Gasteiger partial charge in [-0.25, -0.2) is 0 Å². The van der Waals surface area contributed by atoms with E-state index in [9.17, 15) is 10.1 Å². The Morgan fingerprint density at radius 2 is 2.11 bits per heavy atom. The normalized spacial score (nSPS) is 12.0. The van der Waals surface area contributed by atoms with Crippen molar-refractivity contribution < 1.29 is 4.79 Å². The van der Waals surface area contributed by atoms with Crippen LogP contribution in [0.2, 0.25) is 0 Å². The number of allylic oxidation sites excluding steroid dienone is 1.